The lowest BCUT2D eigenvalue weighted by Gasteiger charge is -2.16. The normalized spacial score (nSPS) is 11.5. The number of aliphatic imine (C=N–C) groups is 1. The van der Waals surface area contributed by atoms with Crippen LogP contribution in [0, 0.1) is 0 Å². The van der Waals surface area contributed by atoms with Gasteiger partial charge in [-0.05, 0) is 36.9 Å². The Morgan fingerprint density at radius 1 is 1.07 bits per heavy atom. The Hall–Kier alpha value is -2.77. The summed E-state index contributed by atoms with van der Waals surface area (Å²) in [5.74, 6) is 1.87. The molecule has 7 nitrogen and oxygen atoms in total. The molecule has 0 aliphatic rings. The molecular weight excluding hydrogens is 356 g/mol. The highest BCUT2D eigenvalue weighted by molar-refractivity contribution is 5.93. The summed E-state index contributed by atoms with van der Waals surface area (Å²) in [6, 6.07) is 15.4. The Morgan fingerprint density at radius 2 is 1.86 bits per heavy atom. The lowest BCUT2D eigenvalue weighted by Crippen LogP contribution is -2.27. The van der Waals surface area contributed by atoms with Crippen molar-refractivity contribution in [3.05, 3.63) is 54.1 Å². The second-order valence-electron chi connectivity index (χ2n) is 6.32. The zero-order chi connectivity index (χ0) is 20.2. The molecule has 2 aromatic rings. The van der Waals surface area contributed by atoms with E-state index in [4.69, 9.17) is 19.9 Å². The van der Waals surface area contributed by atoms with Crippen LogP contribution >= 0.6 is 0 Å². The molecule has 0 radical (unpaired) electrons. The minimum atomic E-state index is 0.329. The van der Waals surface area contributed by atoms with Gasteiger partial charge in [0.1, 0.15) is 18.1 Å². The number of likely N-dealkylation sites (N-methyl/N-ethyl adjacent to an activating group) is 1. The summed E-state index contributed by atoms with van der Waals surface area (Å²) in [4.78, 5) is 6.57. The molecule has 7 heteroatoms. The Balaban J connectivity index is 1.85. The average molecular weight is 386 g/mol. The van der Waals surface area contributed by atoms with Gasteiger partial charge in [-0.1, -0.05) is 24.3 Å². The highest BCUT2D eigenvalue weighted by Gasteiger charge is 2.03. The molecule has 0 spiro atoms. The monoisotopic (exact) mass is 386 g/mol. The number of rotatable bonds is 11. The fourth-order valence-corrected chi connectivity index (χ4v) is 2.51. The van der Waals surface area contributed by atoms with Gasteiger partial charge in [0, 0.05) is 20.2 Å². The summed E-state index contributed by atoms with van der Waals surface area (Å²) < 4.78 is 16.2. The van der Waals surface area contributed by atoms with Crippen molar-refractivity contribution in [2.24, 2.45) is 10.7 Å². The molecule has 0 aliphatic carbocycles. The van der Waals surface area contributed by atoms with Crippen LogP contribution in [-0.4, -0.2) is 58.4 Å². The van der Waals surface area contributed by atoms with Crippen molar-refractivity contribution in [1.82, 2.24) is 4.90 Å². The third-order valence-electron chi connectivity index (χ3n) is 4.12. The Labute approximate surface area is 167 Å². The maximum atomic E-state index is 6.00. The Morgan fingerprint density at radius 3 is 2.64 bits per heavy atom. The van der Waals surface area contributed by atoms with E-state index in [0.29, 0.717) is 31.5 Å². The highest BCUT2D eigenvalue weighted by Crippen LogP contribution is 2.22. The van der Waals surface area contributed by atoms with Crippen LogP contribution in [0.5, 0.6) is 11.5 Å². The number of hydrogen-bond donors (Lipinski definition) is 2. The Kier molecular flexibility index (Phi) is 9.10. The number of hydrogen-bond acceptors (Lipinski definition) is 5. The fraction of sp³-hybridized carbons (Fsp3) is 0.381. The highest BCUT2D eigenvalue weighted by atomic mass is 16.5. The van der Waals surface area contributed by atoms with Gasteiger partial charge in [-0.25, -0.2) is 4.99 Å². The number of nitrogens with one attached hydrogen (secondary N) is 1. The van der Waals surface area contributed by atoms with Crippen molar-refractivity contribution in [3.63, 3.8) is 0 Å². The zero-order valence-electron chi connectivity index (χ0n) is 16.9. The molecule has 0 aromatic heterocycles. The van der Waals surface area contributed by atoms with Crippen molar-refractivity contribution in [1.29, 1.82) is 0 Å². The number of para-hydroxylation sites is 2. The van der Waals surface area contributed by atoms with E-state index in [0.717, 1.165) is 30.1 Å². The standard InChI is InChI=1S/C21H30N4O3/c1-25(11-13-26-2)12-14-28-18-8-6-7-17(15-18)16-23-21(22)24-19-9-4-5-10-20(19)27-3/h4-10,15H,11-14,16H2,1-3H3,(H3,22,23,24). The maximum Gasteiger partial charge on any atom is 0.193 e. The number of ether oxygens (including phenoxy) is 3. The smallest absolute Gasteiger partial charge is 0.193 e. The molecule has 0 saturated carbocycles. The minimum Gasteiger partial charge on any atom is -0.495 e. The van der Waals surface area contributed by atoms with Gasteiger partial charge in [-0.2, -0.15) is 0 Å². The van der Waals surface area contributed by atoms with Gasteiger partial charge in [-0.15, -0.1) is 0 Å². The van der Waals surface area contributed by atoms with Gasteiger partial charge in [-0.3, -0.25) is 0 Å². The molecular formula is C21H30N4O3. The van der Waals surface area contributed by atoms with Crippen LogP contribution in [0.15, 0.2) is 53.5 Å². The lowest BCUT2D eigenvalue weighted by atomic mass is 10.2. The number of nitrogens with two attached hydrogens (primary N) is 1. The van der Waals surface area contributed by atoms with Crippen molar-refractivity contribution < 1.29 is 14.2 Å². The first-order valence-electron chi connectivity index (χ1n) is 9.21. The van der Waals surface area contributed by atoms with Gasteiger partial charge in [0.25, 0.3) is 0 Å². The summed E-state index contributed by atoms with van der Waals surface area (Å²) in [5.41, 5.74) is 7.81. The van der Waals surface area contributed by atoms with E-state index in [2.05, 4.69) is 15.2 Å². The molecule has 3 N–H and O–H groups in total. The molecule has 0 aliphatic heterocycles. The molecule has 2 aromatic carbocycles. The van der Waals surface area contributed by atoms with Crippen LogP contribution < -0.4 is 20.5 Å². The zero-order valence-corrected chi connectivity index (χ0v) is 16.9. The molecule has 0 fully saturated rings. The van der Waals surface area contributed by atoms with E-state index < -0.39 is 0 Å². The van der Waals surface area contributed by atoms with E-state index in [1.165, 1.54) is 0 Å². The summed E-state index contributed by atoms with van der Waals surface area (Å²) in [5, 5.41) is 3.07. The molecule has 0 unspecified atom stereocenters. The molecule has 28 heavy (non-hydrogen) atoms. The van der Waals surface area contributed by atoms with Crippen LogP contribution in [0.1, 0.15) is 5.56 Å². The first kappa shape index (κ1) is 21.5. The predicted molar refractivity (Wildman–Crippen MR) is 113 cm³/mol. The van der Waals surface area contributed by atoms with E-state index in [-0.39, 0.29) is 0 Å². The van der Waals surface area contributed by atoms with Gasteiger partial charge >= 0.3 is 0 Å². The summed E-state index contributed by atoms with van der Waals surface area (Å²) in [6.07, 6.45) is 0. The summed E-state index contributed by atoms with van der Waals surface area (Å²) >= 11 is 0. The molecule has 0 atom stereocenters. The number of anilines is 1. The minimum absolute atomic E-state index is 0.329. The lowest BCUT2D eigenvalue weighted by molar-refractivity contribution is 0.150. The number of benzene rings is 2. The van der Waals surface area contributed by atoms with E-state index in [1.807, 2.05) is 55.6 Å². The average Bonchev–Trinajstić information content (AvgIpc) is 2.71. The third kappa shape index (κ3) is 7.46. The molecule has 0 saturated heterocycles. The van der Waals surface area contributed by atoms with E-state index in [1.54, 1.807) is 14.2 Å². The van der Waals surface area contributed by atoms with Crippen LogP contribution in [0.25, 0.3) is 0 Å². The first-order valence-corrected chi connectivity index (χ1v) is 9.21. The van der Waals surface area contributed by atoms with Crippen LogP contribution in [-0.2, 0) is 11.3 Å². The van der Waals surface area contributed by atoms with Crippen LogP contribution in [0.3, 0.4) is 0 Å². The van der Waals surface area contributed by atoms with Crippen molar-refractivity contribution in [3.8, 4) is 11.5 Å². The van der Waals surface area contributed by atoms with Crippen LogP contribution in [0.4, 0.5) is 5.69 Å². The number of guanidine groups is 1. The molecule has 2 rings (SSSR count). The largest absolute Gasteiger partial charge is 0.495 e. The van der Waals surface area contributed by atoms with Crippen LogP contribution in [0.2, 0.25) is 0 Å². The van der Waals surface area contributed by atoms with Gasteiger partial charge in [0.05, 0.1) is 25.9 Å². The van der Waals surface area contributed by atoms with E-state index in [9.17, 15) is 0 Å². The molecule has 0 bridgehead atoms. The summed E-state index contributed by atoms with van der Waals surface area (Å²) in [7, 11) is 5.37. The first-order chi connectivity index (χ1) is 13.6. The number of nitrogens with zero attached hydrogens (tertiary/aromatic N) is 2. The van der Waals surface area contributed by atoms with Crippen molar-refractivity contribution in [2.75, 3.05) is 52.9 Å². The van der Waals surface area contributed by atoms with Gasteiger partial charge in [0.2, 0.25) is 0 Å². The quantitative estimate of drug-likeness (QED) is 0.456. The van der Waals surface area contributed by atoms with Crippen molar-refractivity contribution in [2.45, 2.75) is 6.54 Å². The van der Waals surface area contributed by atoms with E-state index >= 15 is 0 Å². The van der Waals surface area contributed by atoms with Crippen molar-refractivity contribution >= 4 is 11.6 Å². The second-order valence-corrected chi connectivity index (χ2v) is 6.32. The van der Waals surface area contributed by atoms with Gasteiger partial charge < -0.3 is 30.2 Å². The topological polar surface area (TPSA) is 81.3 Å². The molecule has 0 amide bonds. The third-order valence-corrected chi connectivity index (χ3v) is 4.12. The fourth-order valence-electron chi connectivity index (χ4n) is 2.51. The summed E-state index contributed by atoms with van der Waals surface area (Å²) in [6.45, 7) is 3.51. The second kappa shape index (κ2) is 11.8. The Bertz CT molecular complexity index is 752. The maximum absolute atomic E-state index is 6.00. The SMILES string of the molecule is COCCN(C)CCOc1cccc(CN=C(N)Nc2ccccc2OC)c1. The van der Waals surface area contributed by atoms with Gasteiger partial charge in [0.15, 0.2) is 5.96 Å². The predicted octanol–water partition coefficient (Wildman–Crippen LogP) is 2.58. The molecule has 152 valence electrons. The molecule has 0 heterocycles. The number of methoxy groups -OCH3 is 2.